The fraction of sp³-hybridized carbons (Fsp3) is 0.143. The number of rotatable bonds is 4. The number of likely N-dealkylation sites (N-methyl/N-ethyl adjacent to an activating group) is 1. The van der Waals surface area contributed by atoms with Crippen LogP contribution in [0.4, 0.5) is 5.69 Å². The van der Waals surface area contributed by atoms with E-state index in [9.17, 15) is 4.79 Å². The molecule has 0 saturated carbocycles. The van der Waals surface area contributed by atoms with E-state index in [1.165, 1.54) is 11.3 Å². The van der Waals surface area contributed by atoms with Gasteiger partial charge in [0, 0.05) is 17.2 Å². The van der Waals surface area contributed by atoms with Gasteiger partial charge in [-0.3, -0.25) is 4.79 Å². The molecule has 0 N–H and O–H groups in total. The fourth-order valence-electron chi connectivity index (χ4n) is 1.68. The van der Waals surface area contributed by atoms with E-state index in [1.54, 1.807) is 12.1 Å². The molecule has 0 aliphatic rings. The zero-order chi connectivity index (χ0) is 13.8. The smallest absolute Gasteiger partial charge is 0.193 e. The third-order valence-electron chi connectivity index (χ3n) is 2.67. The number of thiophene rings is 1. The Morgan fingerprint density at radius 2 is 2.26 bits per heavy atom. The van der Waals surface area contributed by atoms with Crippen molar-refractivity contribution in [2.45, 2.75) is 0 Å². The lowest BCUT2D eigenvalue weighted by Crippen LogP contribution is -2.25. The number of carbonyl (C=O) groups is 1. The Kier molecular flexibility index (Phi) is 4.35. The number of hydrogen-bond donors (Lipinski definition) is 0. The van der Waals surface area contributed by atoms with Gasteiger partial charge in [0.1, 0.15) is 0 Å². The zero-order valence-electron chi connectivity index (χ0n) is 10.3. The molecule has 2 aromatic rings. The Hall–Kier alpha value is -1.64. The average Bonchev–Trinajstić information content (AvgIpc) is 2.85. The summed E-state index contributed by atoms with van der Waals surface area (Å²) in [5, 5.41) is 10.8. The molecular weight excluding hydrogens is 324 g/mol. The van der Waals surface area contributed by atoms with Crippen LogP contribution in [-0.2, 0) is 0 Å². The fourth-order valence-corrected chi connectivity index (χ4v) is 3.21. The molecule has 0 spiro atoms. The summed E-state index contributed by atoms with van der Waals surface area (Å²) in [4.78, 5) is 14.7. The molecular formula is C14H11BrN2OS. The van der Waals surface area contributed by atoms with Gasteiger partial charge in [-0.25, -0.2) is 0 Å². The summed E-state index contributed by atoms with van der Waals surface area (Å²) in [7, 11) is 1.84. The first kappa shape index (κ1) is 13.8. The van der Waals surface area contributed by atoms with Crippen molar-refractivity contribution < 1.29 is 4.79 Å². The number of benzene rings is 1. The molecule has 0 unspecified atom stereocenters. The quantitative estimate of drug-likeness (QED) is 0.800. The summed E-state index contributed by atoms with van der Waals surface area (Å²) in [6.07, 6.45) is 0. The number of halogens is 1. The molecule has 2 rings (SSSR count). The van der Waals surface area contributed by atoms with Gasteiger partial charge < -0.3 is 4.90 Å². The van der Waals surface area contributed by atoms with Crippen LogP contribution in [-0.4, -0.2) is 19.4 Å². The predicted molar refractivity (Wildman–Crippen MR) is 80.8 cm³/mol. The molecule has 0 amide bonds. The van der Waals surface area contributed by atoms with Crippen LogP contribution in [0.5, 0.6) is 0 Å². The van der Waals surface area contributed by atoms with E-state index in [-0.39, 0.29) is 12.3 Å². The summed E-state index contributed by atoms with van der Waals surface area (Å²) >= 11 is 4.79. The van der Waals surface area contributed by atoms with Gasteiger partial charge in [-0.05, 0) is 45.6 Å². The van der Waals surface area contributed by atoms with E-state index in [0.29, 0.717) is 5.56 Å². The van der Waals surface area contributed by atoms with E-state index in [2.05, 4.69) is 22.0 Å². The second-order valence-electron chi connectivity index (χ2n) is 4.04. The predicted octanol–water partition coefficient (Wildman–Crippen LogP) is 3.70. The van der Waals surface area contributed by atoms with Crippen molar-refractivity contribution in [3.63, 3.8) is 0 Å². The largest absolute Gasteiger partial charge is 0.367 e. The number of carbonyl (C=O) groups excluding carboxylic acids is 1. The van der Waals surface area contributed by atoms with Gasteiger partial charge in [0.25, 0.3) is 0 Å². The minimum atomic E-state index is 0.0618. The van der Waals surface area contributed by atoms with Gasteiger partial charge in [0.15, 0.2) is 5.78 Å². The standard InChI is InChI=1S/C14H11BrN2OS/c1-17(11-4-2-3-10(7-11)8-16)9-13(18)14-12(15)5-6-19-14/h2-7H,9H2,1H3. The third kappa shape index (κ3) is 3.22. The number of Topliss-reactive ketones (excluding diaryl/α,β-unsaturated/α-hetero) is 1. The van der Waals surface area contributed by atoms with Crippen molar-refractivity contribution in [2.75, 3.05) is 18.5 Å². The normalized spacial score (nSPS) is 9.95. The van der Waals surface area contributed by atoms with Crippen molar-refractivity contribution in [3.05, 3.63) is 50.6 Å². The summed E-state index contributed by atoms with van der Waals surface area (Å²) in [5.41, 5.74) is 1.45. The molecule has 96 valence electrons. The second kappa shape index (κ2) is 6.00. The van der Waals surface area contributed by atoms with Crippen molar-refractivity contribution in [2.24, 2.45) is 0 Å². The maximum absolute atomic E-state index is 12.1. The molecule has 1 aromatic carbocycles. The molecule has 1 heterocycles. The monoisotopic (exact) mass is 334 g/mol. The van der Waals surface area contributed by atoms with E-state index in [4.69, 9.17) is 5.26 Å². The molecule has 0 saturated heterocycles. The van der Waals surface area contributed by atoms with Crippen LogP contribution in [0.3, 0.4) is 0 Å². The maximum Gasteiger partial charge on any atom is 0.193 e. The zero-order valence-corrected chi connectivity index (χ0v) is 12.7. The highest BCUT2D eigenvalue weighted by atomic mass is 79.9. The SMILES string of the molecule is CN(CC(=O)c1sccc1Br)c1cccc(C#N)c1. The highest BCUT2D eigenvalue weighted by molar-refractivity contribution is 9.10. The van der Waals surface area contributed by atoms with E-state index in [0.717, 1.165) is 15.0 Å². The van der Waals surface area contributed by atoms with Gasteiger partial charge in [-0.15, -0.1) is 11.3 Å². The van der Waals surface area contributed by atoms with E-state index < -0.39 is 0 Å². The molecule has 0 fully saturated rings. The first-order chi connectivity index (χ1) is 9.11. The van der Waals surface area contributed by atoms with Crippen LogP contribution in [0, 0.1) is 11.3 Å². The summed E-state index contributed by atoms with van der Waals surface area (Å²) in [5.74, 6) is 0.0618. The number of anilines is 1. The first-order valence-electron chi connectivity index (χ1n) is 5.59. The van der Waals surface area contributed by atoms with E-state index >= 15 is 0 Å². The third-order valence-corrected chi connectivity index (χ3v) is 4.55. The highest BCUT2D eigenvalue weighted by Gasteiger charge is 2.14. The van der Waals surface area contributed by atoms with Crippen LogP contribution in [0.2, 0.25) is 0 Å². The molecule has 0 atom stereocenters. The van der Waals surface area contributed by atoms with Crippen LogP contribution < -0.4 is 4.90 Å². The molecule has 0 aliphatic heterocycles. The summed E-state index contributed by atoms with van der Waals surface area (Å²) < 4.78 is 0.835. The second-order valence-corrected chi connectivity index (χ2v) is 5.81. The van der Waals surface area contributed by atoms with Crippen molar-refractivity contribution in [1.29, 1.82) is 5.26 Å². The molecule has 3 nitrogen and oxygen atoms in total. The summed E-state index contributed by atoms with van der Waals surface area (Å²) in [6.45, 7) is 0.286. The number of ketones is 1. The molecule has 0 aliphatic carbocycles. The van der Waals surface area contributed by atoms with Gasteiger partial charge >= 0.3 is 0 Å². The highest BCUT2D eigenvalue weighted by Crippen LogP contribution is 2.24. The van der Waals surface area contributed by atoms with Crippen LogP contribution in [0.1, 0.15) is 15.2 Å². The minimum Gasteiger partial charge on any atom is -0.367 e. The number of nitrogens with zero attached hydrogens (tertiary/aromatic N) is 2. The Labute approximate surface area is 124 Å². The average molecular weight is 335 g/mol. The Bertz CT molecular complexity index is 645. The van der Waals surface area contributed by atoms with Crippen molar-refractivity contribution >= 4 is 38.7 Å². The Morgan fingerprint density at radius 1 is 1.47 bits per heavy atom. The lowest BCUT2D eigenvalue weighted by molar-refractivity contribution is 0.100. The van der Waals surface area contributed by atoms with Crippen LogP contribution in [0.25, 0.3) is 0 Å². The molecule has 0 bridgehead atoms. The van der Waals surface area contributed by atoms with Gasteiger partial charge in [-0.1, -0.05) is 6.07 Å². The number of hydrogen-bond acceptors (Lipinski definition) is 4. The first-order valence-corrected chi connectivity index (χ1v) is 7.26. The topological polar surface area (TPSA) is 44.1 Å². The lowest BCUT2D eigenvalue weighted by Gasteiger charge is -2.18. The minimum absolute atomic E-state index is 0.0618. The Balaban J connectivity index is 2.13. The van der Waals surface area contributed by atoms with Gasteiger partial charge in [0.2, 0.25) is 0 Å². The lowest BCUT2D eigenvalue weighted by atomic mass is 10.2. The van der Waals surface area contributed by atoms with Crippen molar-refractivity contribution in [1.82, 2.24) is 0 Å². The molecule has 1 aromatic heterocycles. The Morgan fingerprint density at radius 3 is 2.89 bits per heavy atom. The van der Waals surface area contributed by atoms with Crippen molar-refractivity contribution in [3.8, 4) is 6.07 Å². The molecule has 5 heteroatoms. The van der Waals surface area contributed by atoms with Crippen LogP contribution in [0.15, 0.2) is 40.2 Å². The van der Waals surface area contributed by atoms with Crippen LogP contribution >= 0.6 is 27.3 Å². The molecule has 19 heavy (non-hydrogen) atoms. The summed E-state index contributed by atoms with van der Waals surface area (Å²) in [6, 6.07) is 11.2. The molecule has 0 radical (unpaired) electrons. The van der Waals surface area contributed by atoms with E-state index in [1.807, 2.05) is 35.5 Å². The number of nitriles is 1. The maximum atomic E-state index is 12.1. The van der Waals surface area contributed by atoms with Gasteiger partial charge in [0.05, 0.1) is 23.1 Å². The van der Waals surface area contributed by atoms with Gasteiger partial charge in [-0.2, -0.15) is 5.26 Å².